The molecule has 0 bridgehead atoms. The quantitative estimate of drug-likeness (QED) is 0.540. The smallest absolute Gasteiger partial charge is 0.234 e. The minimum absolute atomic E-state index is 0.0312. The number of rotatable bonds is 5. The standard InChI is InChI=1S/C10H17ClN2O2/c11-7-9(14)12-5-6-13-10(15)8-3-1-2-4-8/h8H,1-7H2,(H,12,14)(H,13,15). The van der Waals surface area contributed by atoms with Crippen molar-refractivity contribution in [1.82, 2.24) is 10.6 Å². The molecule has 1 aliphatic carbocycles. The second-order valence-corrected chi connectivity index (χ2v) is 4.02. The van der Waals surface area contributed by atoms with Gasteiger partial charge in [-0.25, -0.2) is 0 Å². The molecule has 0 aromatic rings. The fraction of sp³-hybridized carbons (Fsp3) is 0.800. The first-order valence-corrected chi connectivity index (χ1v) is 5.88. The van der Waals surface area contributed by atoms with E-state index in [1.165, 1.54) is 0 Å². The van der Waals surface area contributed by atoms with Gasteiger partial charge in [0.05, 0.1) is 0 Å². The van der Waals surface area contributed by atoms with Crippen molar-refractivity contribution < 1.29 is 9.59 Å². The van der Waals surface area contributed by atoms with Gasteiger partial charge in [-0.3, -0.25) is 9.59 Å². The van der Waals surface area contributed by atoms with Crippen molar-refractivity contribution >= 4 is 23.4 Å². The molecule has 1 aliphatic rings. The van der Waals surface area contributed by atoms with Gasteiger partial charge in [-0.2, -0.15) is 0 Å². The van der Waals surface area contributed by atoms with Gasteiger partial charge < -0.3 is 10.6 Å². The molecular formula is C10H17ClN2O2. The molecule has 2 N–H and O–H groups in total. The third-order valence-electron chi connectivity index (χ3n) is 2.59. The number of halogens is 1. The lowest BCUT2D eigenvalue weighted by Gasteiger charge is -2.10. The normalized spacial score (nSPS) is 16.3. The predicted octanol–water partition coefficient (Wildman–Crippen LogP) is 0.648. The van der Waals surface area contributed by atoms with Crippen LogP contribution < -0.4 is 10.6 Å². The van der Waals surface area contributed by atoms with Gasteiger partial charge in [-0.15, -0.1) is 11.6 Å². The molecule has 0 radical (unpaired) electrons. The zero-order valence-electron chi connectivity index (χ0n) is 8.72. The van der Waals surface area contributed by atoms with Crippen molar-refractivity contribution in [2.75, 3.05) is 19.0 Å². The first-order valence-electron chi connectivity index (χ1n) is 5.34. The molecule has 0 aromatic carbocycles. The van der Waals surface area contributed by atoms with E-state index in [9.17, 15) is 9.59 Å². The van der Waals surface area contributed by atoms with Crippen LogP contribution in [0.15, 0.2) is 0 Å². The molecule has 1 fully saturated rings. The summed E-state index contributed by atoms with van der Waals surface area (Å²) in [5.41, 5.74) is 0. The summed E-state index contributed by atoms with van der Waals surface area (Å²) in [5.74, 6) is 0.0736. The Balaban J connectivity index is 2.04. The average Bonchev–Trinajstić information content (AvgIpc) is 2.77. The summed E-state index contributed by atoms with van der Waals surface area (Å²) in [6.45, 7) is 0.933. The molecule has 0 aromatic heterocycles. The lowest BCUT2D eigenvalue weighted by atomic mass is 10.1. The van der Waals surface area contributed by atoms with Gasteiger partial charge in [-0.1, -0.05) is 12.8 Å². The monoisotopic (exact) mass is 232 g/mol. The van der Waals surface area contributed by atoms with Crippen molar-refractivity contribution in [3.63, 3.8) is 0 Å². The van der Waals surface area contributed by atoms with Gasteiger partial charge in [0, 0.05) is 19.0 Å². The van der Waals surface area contributed by atoms with Crippen molar-refractivity contribution in [3.8, 4) is 0 Å². The predicted molar refractivity (Wildman–Crippen MR) is 58.7 cm³/mol. The first kappa shape index (κ1) is 12.3. The lowest BCUT2D eigenvalue weighted by molar-refractivity contribution is -0.125. The molecule has 0 aliphatic heterocycles. The zero-order chi connectivity index (χ0) is 11.1. The Morgan fingerprint density at radius 2 is 1.73 bits per heavy atom. The van der Waals surface area contributed by atoms with E-state index >= 15 is 0 Å². The molecule has 0 saturated heterocycles. The van der Waals surface area contributed by atoms with Gasteiger partial charge in [-0.05, 0) is 12.8 Å². The largest absolute Gasteiger partial charge is 0.354 e. The maximum atomic E-state index is 11.5. The highest BCUT2D eigenvalue weighted by atomic mass is 35.5. The number of amides is 2. The summed E-state index contributed by atoms with van der Waals surface area (Å²) in [7, 11) is 0. The van der Waals surface area contributed by atoms with Gasteiger partial charge >= 0.3 is 0 Å². The highest BCUT2D eigenvalue weighted by Crippen LogP contribution is 2.24. The maximum absolute atomic E-state index is 11.5. The Hall–Kier alpha value is -0.770. The molecule has 0 heterocycles. The minimum Gasteiger partial charge on any atom is -0.354 e. The van der Waals surface area contributed by atoms with E-state index in [1.54, 1.807) is 0 Å². The van der Waals surface area contributed by atoms with Crippen molar-refractivity contribution in [3.05, 3.63) is 0 Å². The topological polar surface area (TPSA) is 58.2 Å². The molecule has 86 valence electrons. The molecular weight excluding hydrogens is 216 g/mol. The number of alkyl halides is 1. The SMILES string of the molecule is O=C(CCl)NCCNC(=O)C1CCCC1. The second kappa shape index (κ2) is 6.67. The van der Waals surface area contributed by atoms with E-state index < -0.39 is 0 Å². The van der Waals surface area contributed by atoms with Crippen molar-refractivity contribution in [2.45, 2.75) is 25.7 Å². The van der Waals surface area contributed by atoms with E-state index in [4.69, 9.17) is 11.6 Å². The molecule has 0 unspecified atom stereocenters. The third kappa shape index (κ3) is 4.51. The van der Waals surface area contributed by atoms with Gasteiger partial charge in [0.1, 0.15) is 5.88 Å². The Bertz CT molecular complexity index is 227. The minimum atomic E-state index is -0.202. The van der Waals surface area contributed by atoms with Crippen LogP contribution in [0.3, 0.4) is 0 Å². The maximum Gasteiger partial charge on any atom is 0.234 e. The molecule has 0 atom stereocenters. The van der Waals surface area contributed by atoms with E-state index in [0.29, 0.717) is 13.1 Å². The van der Waals surface area contributed by atoms with E-state index in [1.807, 2.05) is 0 Å². The van der Waals surface area contributed by atoms with Gasteiger partial charge in [0.2, 0.25) is 11.8 Å². The molecule has 1 saturated carbocycles. The van der Waals surface area contributed by atoms with Gasteiger partial charge in [0.15, 0.2) is 0 Å². The lowest BCUT2D eigenvalue weighted by Crippen LogP contribution is -2.37. The summed E-state index contributed by atoms with van der Waals surface area (Å²) in [5, 5.41) is 5.40. The number of carbonyl (C=O) groups is 2. The van der Waals surface area contributed by atoms with Crippen LogP contribution >= 0.6 is 11.6 Å². The fourth-order valence-corrected chi connectivity index (χ4v) is 1.86. The summed E-state index contributed by atoms with van der Waals surface area (Å²) >= 11 is 5.30. The van der Waals surface area contributed by atoms with Gasteiger partial charge in [0.25, 0.3) is 0 Å². The number of nitrogens with one attached hydrogen (secondary N) is 2. The highest BCUT2D eigenvalue weighted by molar-refractivity contribution is 6.27. The van der Waals surface area contributed by atoms with Crippen LogP contribution in [0.2, 0.25) is 0 Å². The molecule has 1 rings (SSSR count). The van der Waals surface area contributed by atoms with Crippen LogP contribution in [0.1, 0.15) is 25.7 Å². The second-order valence-electron chi connectivity index (χ2n) is 3.76. The molecule has 2 amide bonds. The summed E-state index contributed by atoms with van der Waals surface area (Å²) < 4.78 is 0. The third-order valence-corrected chi connectivity index (χ3v) is 2.84. The molecule has 0 spiro atoms. The Labute approximate surface area is 94.7 Å². The van der Waals surface area contributed by atoms with Crippen LogP contribution in [0.25, 0.3) is 0 Å². The molecule has 15 heavy (non-hydrogen) atoms. The van der Waals surface area contributed by atoms with Crippen LogP contribution in [0.5, 0.6) is 0 Å². The molecule has 5 heteroatoms. The molecule has 4 nitrogen and oxygen atoms in total. The Kier molecular flexibility index (Phi) is 5.47. The van der Waals surface area contributed by atoms with E-state index in [0.717, 1.165) is 25.7 Å². The Morgan fingerprint density at radius 3 is 2.33 bits per heavy atom. The number of hydrogen-bond acceptors (Lipinski definition) is 2. The summed E-state index contributed by atoms with van der Waals surface area (Å²) in [4.78, 5) is 22.3. The number of carbonyl (C=O) groups excluding carboxylic acids is 2. The van der Waals surface area contributed by atoms with Crippen molar-refractivity contribution in [1.29, 1.82) is 0 Å². The number of hydrogen-bond donors (Lipinski definition) is 2. The zero-order valence-corrected chi connectivity index (χ0v) is 9.48. The highest BCUT2D eigenvalue weighted by Gasteiger charge is 2.21. The fourth-order valence-electron chi connectivity index (χ4n) is 1.77. The summed E-state index contributed by atoms with van der Waals surface area (Å²) in [6, 6.07) is 0. The Morgan fingerprint density at radius 1 is 1.13 bits per heavy atom. The van der Waals surface area contributed by atoms with Crippen LogP contribution in [0, 0.1) is 5.92 Å². The van der Waals surface area contributed by atoms with E-state index in [-0.39, 0.29) is 23.6 Å². The van der Waals surface area contributed by atoms with Crippen molar-refractivity contribution in [2.24, 2.45) is 5.92 Å². The summed E-state index contributed by atoms with van der Waals surface area (Å²) in [6.07, 6.45) is 4.31. The van der Waals surface area contributed by atoms with Crippen LogP contribution in [-0.2, 0) is 9.59 Å². The van der Waals surface area contributed by atoms with E-state index in [2.05, 4.69) is 10.6 Å². The van der Waals surface area contributed by atoms with Crippen LogP contribution in [0.4, 0.5) is 0 Å². The average molecular weight is 233 g/mol. The first-order chi connectivity index (χ1) is 7.24. The van der Waals surface area contributed by atoms with Crippen LogP contribution in [-0.4, -0.2) is 30.8 Å².